The molecule has 0 aromatic carbocycles. The van der Waals surface area contributed by atoms with Crippen molar-refractivity contribution in [1.29, 1.82) is 0 Å². The van der Waals surface area contributed by atoms with Crippen molar-refractivity contribution in [3.63, 3.8) is 0 Å². The Bertz CT molecular complexity index is 336. The Morgan fingerprint density at radius 2 is 2.05 bits per heavy atom. The van der Waals surface area contributed by atoms with E-state index in [9.17, 15) is 4.79 Å². The van der Waals surface area contributed by atoms with E-state index in [1.807, 2.05) is 6.92 Å². The van der Waals surface area contributed by atoms with Gasteiger partial charge >= 0.3 is 0 Å². The lowest BCUT2D eigenvalue weighted by molar-refractivity contribution is -0.124. The number of nitrogens with zero attached hydrogens (tertiary/aromatic N) is 1. The van der Waals surface area contributed by atoms with Gasteiger partial charge in [-0.2, -0.15) is 0 Å². The molecule has 1 aliphatic carbocycles. The van der Waals surface area contributed by atoms with Crippen LogP contribution in [0.25, 0.3) is 0 Å². The Kier molecular flexibility index (Phi) is 4.21. The van der Waals surface area contributed by atoms with Gasteiger partial charge in [0.1, 0.15) is 5.54 Å². The molecule has 2 rings (SSSR count). The third-order valence-electron chi connectivity index (χ3n) is 5.20. The third-order valence-corrected chi connectivity index (χ3v) is 5.20. The number of amides is 1. The molecule has 0 aromatic rings. The van der Waals surface area contributed by atoms with Crippen LogP contribution in [0.2, 0.25) is 0 Å². The van der Waals surface area contributed by atoms with E-state index in [1.165, 1.54) is 32.1 Å². The summed E-state index contributed by atoms with van der Waals surface area (Å²) >= 11 is 0. The molecule has 1 unspecified atom stereocenters. The first-order valence-corrected chi connectivity index (χ1v) is 7.73. The monoisotopic (exact) mass is 267 g/mol. The zero-order valence-electron chi connectivity index (χ0n) is 12.7. The second-order valence-electron chi connectivity index (χ2n) is 6.78. The number of carbonyl (C=O) groups excluding carboxylic acids is 1. The maximum Gasteiger partial charge on any atom is 0.238 e. The number of carbonyl (C=O) groups is 1. The van der Waals surface area contributed by atoms with Crippen molar-refractivity contribution in [2.75, 3.05) is 19.6 Å². The quantitative estimate of drug-likeness (QED) is 0.735. The van der Waals surface area contributed by atoms with Crippen molar-refractivity contribution in [2.24, 2.45) is 11.1 Å². The molecule has 4 heteroatoms. The van der Waals surface area contributed by atoms with Gasteiger partial charge in [-0.05, 0) is 51.0 Å². The van der Waals surface area contributed by atoms with Crippen molar-refractivity contribution in [3.8, 4) is 0 Å². The minimum atomic E-state index is -0.571. The predicted octanol–water partition coefficient (Wildman–Crippen LogP) is 1.49. The number of hydrogen-bond donors (Lipinski definition) is 2. The van der Waals surface area contributed by atoms with E-state index < -0.39 is 5.54 Å². The zero-order valence-corrected chi connectivity index (χ0v) is 12.7. The fourth-order valence-electron chi connectivity index (χ4n) is 3.31. The SMILES string of the molecule is CCC1(CC)CCN(CC(C)(NC2CC2)C(N)=O)C1. The number of nitrogens with one attached hydrogen (secondary N) is 1. The minimum absolute atomic E-state index is 0.218. The molecule has 1 heterocycles. The molecule has 110 valence electrons. The Morgan fingerprint density at radius 3 is 2.47 bits per heavy atom. The standard InChI is InChI=1S/C15H29N3O/c1-4-15(5-2)8-9-18(11-15)10-14(3,13(16)19)17-12-6-7-12/h12,17H,4-11H2,1-3H3,(H2,16,19). The van der Waals surface area contributed by atoms with Crippen LogP contribution in [-0.2, 0) is 4.79 Å². The number of likely N-dealkylation sites (tertiary alicyclic amines) is 1. The van der Waals surface area contributed by atoms with Gasteiger partial charge in [0.05, 0.1) is 0 Å². The molecule has 1 saturated heterocycles. The summed E-state index contributed by atoms with van der Waals surface area (Å²) in [7, 11) is 0. The highest BCUT2D eigenvalue weighted by Crippen LogP contribution is 2.37. The lowest BCUT2D eigenvalue weighted by atomic mass is 9.82. The number of nitrogens with two attached hydrogens (primary N) is 1. The highest BCUT2D eigenvalue weighted by Gasteiger charge is 2.42. The first-order valence-electron chi connectivity index (χ1n) is 7.73. The second kappa shape index (κ2) is 5.41. The van der Waals surface area contributed by atoms with Gasteiger partial charge in [-0.1, -0.05) is 13.8 Å². The lowest BCUT2D eigenvalue weighted by Gasteiger charge is -2.33. The number of hydrogen-bond acceptors (Lipinski definition) is 3. The van der Waals surface area contributed by atoms with E-state index in [0.717, 1.165) is 19.6 Å². The fourth-order valence-corrected chi connectivity index (χ4v) is 3.31. The first kappa shape index (κ1) is 14.8. The molecule has 1 aliphatic heterocycles. The normalized spacial score (nSPS) is 26.3. The average molecular weight is 267 g/mol. The third kappa shape index (κ3) is 3.29. The van der Waals surface area contributed by atoms with Gasteiger partial charge in [-0.25, -0.2) is 0 Å². The molecule has 1 atom stereocenters. The van der Waals surface area contributed by atoms with Crippen LogP contribution in [0.5, 0.6) is 0 Å². The van der Waals surface area contributed by atoms with Crippen LogP contribution in [0.4, 0.5) is 0 Å². The summed E-state index contributed by atoms with van der Waals surface area (Å²) < 4.78 is 0. The Morgan fingerprint density at radius 1 is 1.42 bits per heavy atom. The number of rotatable bonds is 7. The molecule has 0 radical (unpaired) electrons. The van der Waals surface area contributed by atoms with Crippen molar-refractivity contribution in [1.82, 2.24) is 10.2 Å². The van der Waals surface area contributed by atoms with E-state index in [4.69, 9.17) is 5.73 Å². The summed E-state index contributed by atoms with van der Waals surface area (Å²) in [5.41, 5.74) is 5.52. The second-order valence-corrected chi connectivity index (χ2v) is 6.78. The molecule has 1 amide bonds. The van der Waals surface area contributed by atoms with E-state index >= 15 is 0 Å². The fraction of sp³-hybridized carbons (Fsp3) is 0.933. The summed E-state index contributed by atoms with van der Waals surface area (Å²) in [4.78, 5) is 14.2. The predicted molar refractivity (Wildman–Crippen MR) is 77.8 cm³/mol. The summed E-state index contributed by atoms with van der Waals surface area (Å²) in [6.07, 6.45) is 6.05. The van der Waals surface area contributed by atoms with Gasteiger partial charge in [0, 0.05) is 19.1 Å². The lowest BCUT2D eigenvalue weighted by Crippen LogP contribution is -2.60. The van der Waals surface area contributed by atoms with E-state index in [1.54, 1.807) is 0 Å². The van der Waals surface area contributed by atoms with E-state index in [2.05, 4.69) is 24.1 Å². The maximum atomic E-state index is 11.8. The first-order chi connectivity index (χ1) is 8.93. The summed E-state index contributed by atoms with van der Waals surface area (Å²) in [6, 6.07) is 0.502. The smallest absolute Gasteiger partial charge is 0.238 e. The largest absolute Gasteiger partial charge is 0.368 e. The molecule has 2 fully saturated rings. The van der Waals surface area contributed by atoms with Crippen molar-refractivity contribution >= 4 is 5.91 Å². The van der Waals surface area contributed by atoms with Crippen molar-refractivity contribution in [2.45, 2.75) is 64.5 Å². The Labute approximate surface area is 117 Å². The molecule has 3 N–H and O–H groups in total. The Hall–Kier alpha value is -0.610. The molecule has 2 aliphatic rings. The molecular formula is C15H29N3O. The van der Waals surface area contributed by atoms with Crippen LogP contribution in [0.3, 0.4) is 0 Å². The van der Waals surface area contributed by atoms with E-state index in [-0.39, 0.29) is 5.91 Å². The van der Waals surface area contributed by atoms with Crippen LogP contribution < -0.4 is 11.1 Å². The molecule has 0 bridgehead atoms. The van der Waals surface area contributed by atoms with Crippen molar-refractivity contribution in [3.05, 3.63) is 0 Å². The highest BCUT2D eigenvalue weighted by atomic mass is 16.1. The number of primary amides is 1. The minimum Gasteiger partial charge on any atom is -0.368 e. The van der Waals surface area contributed by atoms with Crippen LogP contribution >= 0.6 is 0 Å². The molecular weight excluding hydrogens is 238 g/mol. The maximum absolute atomic E-state index is 11.8. The molecule has 19 heavy (non-hydrogen) atoms. The van der Waals surface area contributed by atoms with Gasteiger partial charge in [0.15, 0.2) is 0 Å². The van der Waals surface area contributed by atoms with Crippen LogP contribution in [-0.4, -0.2) is 42.0 Å². The van der Waals surface area contributed by atoms with Crippen LogP contribution in [0, 0.1) is 5.41 Å². The summed E-state index contributed by atoms with van der Waals surface area (Å²) in [6.45, 7) is 9.48. The summed E-state index contributed by atoms with van der Waals surface area (Å²) in [5.74, 6) is -0.218. The highest BCUT2D eigenvalue weighted by molar-refractivity contribution is 5.84. The van der Waals surface area contributed by atoms with Gasteiger partial charge < -0.3 is 10.6 Å². The average Bonchev–Trinajstić information content (AvgIpc) is 3.08. The molecule has 4 nitrogen and oxygen atoms in total. The van der Waals surface area contributed by atoms with Crippen molar-refractivity contribution < 1.29 is 4.79 Å². The van der Waals surface area contributed by atoms with Gasteiger partial charge in [0.2, 0.25) is 5.91 Å². The van der Waals surface area contributed by atoms with Gasteiger partial charge in [0.25, 0.3) is 0 Å². The topological polar surface area (TPSA) is 58.4 Å². The zero-order chi connectivity index (χ0) is 14.1. The molecule has 0 spiro atoms. The van der Waals surface area contributed by atoms with Crippen LogP contribution in [0.15, 0.2) is 0 Å². The molecule has 0 aromatic heterocycles. The molecule has 1 saturated carbocycles. The van der Waals surface area contributed by atoms with Crippen LogP contribution in [0.1, 0.15) is 52.9 Å². The Balaban J connectivity index is 1.96. The summed E-state index contributed by atoms with van der Waals surface area (Å²) in [5, 5.41) is 3.44. The van der Waals surface area contributed by atoms with Gasteiger partial charge in [-0.15, -0.1) is 0 Å². The van der Waals surface area contributed by atoms with E-state index in [0.29, 0.717) is 11.5 Å². The van der Waals surface area contributed by atoms with Gasteiger partial charge in [-0.3, -0.25) is 10.1 Å².